The fraction of sp³-hybridized carbons (Fsp3) is 0.560. The molecule has 0 radical (unpaired) electrons. The molecule has 5 rings (SSSR count). The highest BCUT2D eigenvalue weighted by atomic mass is 35.5. The molecule has 3 aliphatic rings. The number of aliphatic hydroxyl groups is 1. The van der Waals surface area contributed by atoms with E-state index in [9.17, 15) is 9.90 Å². The van der Waals surface area contributed by atoms with E-state index in [1.165, 1.54) is 27.6 Å². The van der Waals surface area contributed by atoms with Gasteiger partial charge in [-0.25, -0.2) is 0 Å². The first-order valence-corrected chi connectivity index (χ1v) is 11.4. The fourth-order valence-electron chi connectivity index (χ4n) is 5.57. The number of hydrogen-bond donors (Lipinski definition) is 1. The Morgan fingerprint density at radius 2 is 1.94 bits per heavy atom. The highest BCUT2D eigenvalue weighted by molar-refractivity contribution is 5.99. The normalized spacial score (nSPS) is 28.1. The molecule has 0 bridgehead atoms. The van der Waals surface area contributed by atoms with Crippen molar-refractivity contribution in [2.45, 2.75) is 70.2 Å². The molecule has 1 fully saturated rings. The van der Waals surface area contributed by atoms with Crippen molar-refractivity contribution in [1.29, 1.82) is 0 Å². The van der Waals surface area contributed by atoms with Crippen LogP contribution in [-0.4, -0.2) is 52.4 Å². The highest BCUT2D eigenvalue weighted by Crippen LogP contribution is 2.42. The third-order valence-electron chi connectivity index (χ3n) is 7.20. The maximum Gasteiger partial charge on any atom is 0.314 e. The van der Waals surface area contributed by atoms with Crippen LogP contribution in [0.4, 0.5) is 0 Å². The van der Waals surface area contributed by atoms with Crippen molar-refractivity contribution >= 4 is 34.9 Å². The van der Waals surface area contributed by atoms with Gasteiger partial charge in [-0.1, -0.05) is 18.2 Å². The van der Waals surface area contributed by atoms with Crippen LogP contribution in [0.2, 0.25) is 0 Å². The van der Waals surface area contributed by atoms with Crippen LogP contribution in [-0.2, 0) is 16.0 Å². The molecule has 1 saturated carbocycles. The molecule has 2 aliphatic carbocycles. The van der Waals surface area contributed by atoms with Crippen molar-refractivity contribution in [1.82, 2.24) is 9.47 Å². The molecule has 168 valence electrons. The van der Waals surface area contributed by atoms with Crippen LogP contribution >= 0.6 is 12.4 Å². The maximum atomic E-state index is 13.0. The molecule has 1 aliphatic heterocycles. The highest BCUT2D eigenvalue weighted by Gasteiger charge is 2.37. The Hall–Kier alpha value is -1.82. The Morgan fingerprint density at radius 3 is 2.65 bits per heavy atom. The number of aliphatic hydroxyl groups excluding tert-OH is 1. The van der Waals surface area contributed by atoms with E-state index in [1.54, 1.807) is 0 Å². The van der Waals surface area contributed by atoms with Crippen molar-refractivity contribution in [3.63, 3.8) is 0 Å². The zero-order chi connectivity index (χ0) is 21.0. The first-order valence-electron chi connectivity index (χ1n) is 11.4. The van der Waals surface area contributed by atoms with Crippen LogP contribution in [0.5, 0.6) is 0 Å². The number of likely N-dealkylation sites (N-methyl/N-ethyl adjacent to an activating group) is 1. The third-order valence-corrected chi connectivity index (χ3v) is 7.20. The van der Waals surface area contributed by atoms with Gasteiger partial charge in [-0.05, 0) is 75.8 Å². The van der Waals surface area contributed by atoms with E-state index in [4.69, 9.17) is 4.74 Å². The van der Waals surface area contributed by atoms with Crippen LogP contribution in [0.1, 0.15) is 56.7 Å². The summed E-state index contributed by atoms with van der Waals surface area (Å²) in [4.78, 5) is 15.3. The van der Waals surface area contributed by atoms with Gasteiger partial charge in [0.1, 0.15) is 6.10 Å². The van der Waals surface area contributed by atoms with E-state index < -0.39 is 0 Å². The van der Waals surface area contributed by atoms with E-state index in [2.05, 4.69) is 60.8 Å². The van der Waals surface area contributed by atoms with Crippen molar-refractivity contribution in [3.05, 3.63) is 41.6 Å². The summed E-state index contributed by atoms with van der Waals surface area (Å²) in [6, 6.07) is 7.27. The van der Waals surface area contributed by atoms with Crippen molar-refractivity contribution in [2.75, 3.05) is 13.6 Å². The molecule has 0 amide bonds. The van der Waals surface area contributed by atoms with Crippen LogP contribution in [0.25, 0.3) is 16.5 Å². The number of carbonyl (C=O) groups is 1. The lowest BCUT2D eigenvalue weighted by Gasteiger charge is -2.39. The number of rotatable bonds is 3. The number of hydrogen-bond acceptors (Lipinski definition) is 4. The van der Waals surface area contributed by atoms with E-state index in [0.717, 1.165) is 32.1 Å². The van der Waals surface area contributed by atoms with Gasteiger partial charge in [-0.15, -0.1) is 12.4 Å². The topological polar surface area (TPSA) is 54.7 Å². The Balaban J connectivity index is 0.00000231. The molecular weight excluding hydrogens is 412 g/mol. The molecule has 1 aromatic carbocycles. The van der Waals surface area contributed by atoms with Crippen LogP contribution in [0.15, 0.2) is 30.5 Å². The van der Waals surface area contributed by atoms with Crippen LogP contribution in [0.3, 0.4) is 0 Å². The Bertz CT molecular complexity index is 1000. The van der Waals surface area contributed by atoms with Gasteiger partial charge in [0.05, 0.1) is 12.0 Å². The molecule has 1 aromatic heterocycles. The molecule has 0 spiro atoms. The number of ether oxygens (including phenoxy) is 1. The van der Waals surface area contributed by atoms with Gasteiger partial charge >= 0.3 is 5.97 Å². The second-order valence-corrected chi connectivity index (χ2v) is 9.61. The number of carbonyl (C=O) groups excluding carboxylic acids is 1. The van der Waals surface area contributed by atoms with E-state index in [0.29, 0.717) is 18.6 Å². The summed E-state index contributed by atoms with van der Waals surface area (Å²) in [6.07, 6.45) is 8.17. The molecular formula is C25H33ClN2O3. The molecule has 0 saturated heterocycles. The zero-order valence-corrected chi connectivity index (χ0v) is 19.4. The summed E-state index contributed by atoms with van der Waals surface area (Å²) in [5.41, 5.74) is 5.22. The number of benzene rings is 1. The van der Waals surface area contributed by atoms with Gasteiger partial charge in [0, 0.05) is 35.7 Å². The van der Waals surface area contributed by atoms with E-state index in [-0.39, 0.29) is 36.5 Å². The first-order chi connectivity index (χ1) is 14.4. The quantitative estimate of drug-likeness (QED) is 0.714. The summed E-state index contributed by atoms with van der Waals surface area (Å²) in [5.74, 6) is -0.357. The average Bonchev–Trinajstić information content (AvgIpc) is 3.10. The standard InChI is InChI=1S/C25H32N2O3.ClH/c1-15(2)27-14-16-12-23-21(20-5-4-6-22(27)24(16)20)11-17(13-26(23)3)25(29)30-19-9-7-18(28)8-10-19;/h4-6,11,14-15,17-19,23,28H,7-10,12-13H2,1-3H3;1H/t17-,18?,19?,23-;/m1./s1. The number of esters is 1. The predicted molar refractivity (Wildman–Crippen MR) is 126 cm³/mol. The summed E-state index contributed by atoms with van der Waals surface area (Å²) in [7, 11) is 2.12. The molecule has 2 aromatic rings. The molecule has 5 nitrogen and oxygen atoms in total. The zero-order valence-electron chi connectivity index (χ0n) is 18.6. The molecule has 6 heteroatoms. The van der Waals surface area contributed by atoms with Gasteiger partial charge in [0.15, 0.2) is 0 Å². The molecule has 2 heterocycles. The Labute approximate surface area is 190 Å². The first kappa shape index (κ1) is 22.4. The number of fused-ring (bicyclic) bond motifs is 2. The Morgan fingerprint density at radius 1 is 1.19 bits per heavy atom. The average molecular weight is 445 g/mol. The number of nitrogens with zero attached hydrogens (tertiary/aromatic N) is 2. The minimum Gasteiger partial charge on any atom is -0.462 e. The summed E-state index contributed by atoms with van der Waals surface area (Å²) in [5, 5.41) is 11.0. The smallest absolute Gasteiger partial charge is 0.314 e. The van der Waals surface area contributed by atoms with Gasteiger partial charge in [0.2, 0.25) is 0 Å². The molecule has 31 heavy (non-hydrogen) atoms. The second-order valence-electron chi connectivity index (χ2n) is 9.61. The van der Waals surface area contributed by atoms with Crippen molar-refractivity contribution in [2.24, 2.45) is 5.92 Å². The van der Waals surface area contributed by atoms with Crippen molar-refractivity contribution < 1.29 is 14.6 Å². The van der Waals surface area contributed by atoms with Crippen LogP contribution in [0, 0.1) is 5.92 Å². The summed E-state index contributed by atoms with van der Waals surface area (Å²) < 4.78 is 8.23. The SMILES string of the molecule is CC(C)n1cc2c3c(cccc31)C1=C[C@@H](C(=O)OC3CCC(O)CC3)CN(C)[C@@H]1C2.Cl. The minimum atomic E-state index is -0.239. The van der Waals surface area contributed by atoms with E-state index in [1.807, 2.05) is 0 Å². The van der Waals surface area contributed by atoms with E-state index >= 15 is 0 Å². The third kappa shape index (κ3) is 3.92. The predicted octanol–water partition coefficient (Wildman–Crippen LogP) is 4.36. The van der Waals surface area contributed by atoms with Crippen molar-refractivity contribution in [3.8, 4) is 0 Å². The molecule has 1 N–H and O–H groups in total. The molecule has 0 unspecified atom stereocenters. The summed E-state index contributed by atoms with van der Waals surface area (Å²) in [6.45, 7) is 5.14. The van der Waals surface area contributed by atoms with Gasteiger partial charge in [-0.3, -0.25) is 9.69 Å². The lowest BCUT2D eigenvalue weighted by molar-refractivity contribution is -0.155. The largest absolute Gasteiger partial charge is 0.462 e. The monoisotopic (exact) mass is 444 g/mol. The molecule has 2 atom stereocenters. The lowest BCUT2D eigenvalue weighted by atomic mass is 9.80. The minimum absolute atomic E-state index is 0. The lowest BCUT2D eigenvalue weighted by Crippen LogP contribution is -2.45. The second kappa shape index (κ2) is 8.61. The fourth-order valence-corrected chi connectivity index (χ4v) is 5.57. The van der Waals surface area contributed by atoms with Gasteiger partial charge in [0.25, 0.3) is 0 Å². The maximum absolute atomic E-state index is 13.0. The van der Waals surface area contributed by atoms with Crippen LogP contribution < -0.4 is 0 Å². The van der Waals surface area contributed by atoms with Gasteiger partial charge in [-0.2, -0.15) is 0 Å². The number of aromatic nitrogens is 1. The summed E-state index contributed by atoms with van der Waals surface area (Å²) >= 11 is 0. The Kier molecular flexibility index (Phi) is 6.21. The van der Waals surface area contributed by atoms with Gasteiger partial charge < -0.3 is 14.4 Å². The number of halogens is 1.